The molecular formula is C14H18F3NO2S. The van der Waals surface area contributed by atoms with Crippen LogP contribution in [0.1, 0.15) is 32.8 Å². The van der Waals surface area contributed by atoms with E-state index in [1.807, 2.05) is 0 Å². The molecule has 0 heterocycles. The molecule has 0 aromatic heterocycles. The maximum atomic E-state index is 14.0. The molecule has 0 aliphatic rings. The van der Waals surface area contributed by atoms with E-state index in [1.165, 1.54) is 12.1 Å². The lowest BCUT2D eigenvalue weighted by Crippen LogP contribution is -2.53. The molecule has 0 radical (unpaired) electrons. The predicted molar refractivity (Wildman–Crippen MR) is 75.7 cm³/mol. The van der Waals surface area contributed by atoms with Crippen LogP contribution in [-0.4, -0.2) is 22.3 Å². The van der Waals surface area contributed by atoms with Crippen molar-refractivity contribution < 1.29 is 22.5 Å². The molecule has 0 amide bonds. The van der Waals surface area contributed by atoms with Crippen molar-refractivity contribution >= 4 is 17.6 Å². The van der Waals surface area contributed by atoms with Crippen molar-refractivity contribution in [1.82, 2.24) is 4.72 Å². The molecule has 7 heteroatoms. The molecule has 1 aromatic rings. The first-order chi connectivity index (χ1) is 9.68. The second-order valence-corrected chi connectivity index (χ2v) is 7.64. The van der Waals surface area contributed by atoms with Gasteiger partial charge in [-0.05, 0) is 26.8 Å². The minimum absolute atomic E-state index is 0.352. The van der Waals surface area contributed by atoms with E-state index >= 15 is 0 Å². The SMILES string of the molecule is CC(C)(C)[S+]([O-])NC(CF)(CC=O)c1cccc(F)c1F. The van der Waals surface area contributed by atoms with Gasteiger partial charge in [0, 0.05) is 23.3 Å². The molecule has 0 fully saturated rings. The highest BCUT2D eigenvalue weighted by Gasteiger charge is 2.43. The maximum Gasteiger partial charge on any atom is 0.164 e. The summed E-state index contributed by atoms with van der Waals surface area (Å²) in [5, 5.41) is 0. The number of rotatable bonds is 6. The van der Waals surface area contributed by atoms with Gasteiger partial charge in [0.1, 0.15) is 23.2 Å². The number of aldehydes is 1. The average molecular weight is 321 g/mol. The van der Waals surface area contributed by atoms with Crippen molar-refractivity contribution in [3.05, 3.63) is 35.4 Å². The number of benzene rings is 1. The average Bonchev–Trinajstić information content (AvgIpc) is 2.40. The molecule has 3 nitrogen and oxygen atoms in total. The zero-order valence-electron chi connectivity index (χ0n) is 12.1. The van der Waals surface area contributed by atoms with E-state index in [9.17, 15) is 22.5 Å². The van der Waals surface area contributed by atoms with Crippen LogP contribution in [0.4, 0.5) is 13.2 Å². The van der Waals surface area contributed by atoms with Gasteiger partial charge in [0.05, 0.1) is 0 Å². The number of nitrogens with one attached hydrogen (secondary N) is 1. The normalized spacial score (nSPS) is 16.3. The summed E-state index contributed by atoms with van der Waals surface area (Å²) in [5.41, 5.74) is -2.21. The minimum atomic E-state index is -1.86. The van der Waals surface area contributed by atoms with Crippen molar-refractivity contribution in [3.63, 3.8) is 0 Å². The largest absolute Gasteiger partial charge is 0.598 e. The highest BCUT2D eigenvalue weighted by Crippen LogP contribution is 2.31. The monoisotopic (exact) mass is 321 g/mol. The fourth-order valence-corrected chi connectivity index (χ4v) is 2.62. The van der Waals surface area contributed by atoms with Crippen LogP contribution in [0.25, 0.3) is 0 Å². The van der Waals surface area contributed by atoms with Gasteiger partial charge in [-0.1, -0.05) is 12.1 Å². The Morgan fingerprint density at radius 3 is 2.43 bits per heavy atom. The number of carbonyl (C=O) groups is 1. The lowest BCUT2D eigenvalue weighted by atomic mass is 9.89. The van der Waals surface area contributed by atoms with E-state index in [0.29, 0.717) is 6.29 Å². The topological polar surface area (TPSA) is 52.2 Å². The summed E-state index contributed by atoms with van der Waals surface area (Å²) in [7, 11) is 0. The number of carbonyl (C=O) groups excluding carboxylic acids is 1. The van der Waals surface area contributed by atoms with Crippen LogP contribution in [0.5, 0.6) is 0 Å². The van der Waals surface area contributed by atoms with Crippen molar-refractivity contribution in [2.75, 3.05) is 6.67 Å². The van der Waals surface area contributed by atoms with Gasteiger partial charge >= 0.3 is 0 Å². The maximum absolute atomic E-state index is 14.0. The van der Waals surface area contributed by atoms with Crippen LogP contribution in [0, 0.1) is 11.6 Å². The third-order valence-corrected chi connectivity index (χ3v) is 4.66. The first kappa shape index (κ1) is 18.0. The Morgan fingerprint density at radius 1 is 1.33 bits per heavy atom. The molecule has 0 saturated carbocycles. The Morgan fingerprint density at radius 2 is 1.95 bits per heavy atom. The fraction of sp³-hybridized carbons (Fsp3) is 0.500. The second-order valence-electron chi connectivity index (χ2n) is 5.67. The summed E-state index contributed by atoms with van der Waals surface area (Å²) in [5.74, 6) is -2.41. The molecule has 0 bridgehead atoms. The van der Waals surface area contributed by atoms with E-state index in [1.54, 1.807) is 20.8 Å². The Balaban J connectivity index is 3.32. The van der Waals surface area contributed by atoms with Crippen LogP contribution in [-0.2, 0) is 21.7 Å². The molecule has 21 heavy (non-hydrogen) atoms. The number of hydrogen-bond donors (Lipinski definition) is 1. The van der Waals surface area contributed by atoms with Crippen LogP contribution < -0.4 is 4.72 Å². The standard InChI is InChI=1S/C14H18F3NO2S/c1-13(2,3)21(20)18-14(9-15,7-8-19)10-5-4-6-11(16)12(10)17/h4-6,8,18H,7,9H2,1-3H3. The van der Waals surface area contributed by atoms with Gasteiger partial charge in [-0.15, -0.1) is 4.72 Å². The first-order valence-corrected chi connectivity index (χ1v) is 7.47. The molecule has 0 spiro atoms. The second kappa shape index (κ2) is 6.81. The third kappa shape index (κ3) is 3.99. The molecule has 0 aliphatic carbocycles. The van der Waals surface area contributed by atoms with Gasteiger partial charge in [-0.25, -0.2) is 13.2 Å². The molecule has 0 saturated heterocycles. The Bertz CT molecular complexity index is 507. The highest BCUT2D eigenvalue weighted by atomic mass is 32.2. The van der Waals surface area contributed by atoms with Gasteiger partial charge in [0.25, 0.3) is 0 Å². The fourth-order valence-electron chi connectivity index (χ4n) is 1.71. The lowest BCUT2D eigenvalue weighted by molar-refractivity contribution is -0.109. The summed E-state index contributed by atoms with van der Waals surface area (Å²) in [6, 6.07) is 3.28. The van der Waals surface area contributed by atoms with Gasteiger partial charge in [-0.3, -0.25) is 0 Å². The summed E-state index contributed by atoms with van der Waals surface area (Å²) < 4.78 is 54.8. The summed E-state index contributed by atoms with van der Waals surface area (Å²) in [6.07, 6.45) is -0.0809. The smallest absolute Gasteiger partial charge is 0.164 e. The van der Waals surface area contributed by atoms with E-state index in [2.05, 4.69) is 4.72 Å². The van der Waals surface area contributed by atoms with Crippen LogP contribution >= 0.6 is 0 Å². The van der Waals surface area contributed by atoms with Crippen molar-refractivity contribution in [1.29, 1.82) is 0 Å². The predicted octanol–water partition coefficient (Wildman–Crippen LogP) is 2.77. The summed E-state index contributed by atoms with van der Waals surface area (Å²) in [6.45, 7) is 3.72. The van der Waals surface area contributed by atoms with E-state index in [0.717, 1.165) is 6.07 Å². The number of halogens is 3. The number of alkyl halides is 1. The number of hydrogen-bond acceptors (Lipinski definition) is 3. The summed E-state index contributed by atoms with van der Waals surface area (Å²) >= 11 is -1.76. The van der Waals surface area contributed by atoms with Crippen molar-refractivity contribution in [2.45, 2.75) is 37.5 Å². The summed E-state index contributed by atoms with van der Waals surface area (Å²) in [4.78, 5) is 10.9. The van der Waals surface area contributed by atoms with Crippen molar-refractivity contribution in [2.24, 2.45) is 0 Å². The molecule has 0 aliphatic heterocycles. The molecule has 1 N–H and O–H groups in total. The van der Waals surface area contributed by atoms with E-state index in [-0.39, 0.29) is 5.56 Å². The molecule has 118 valence electrons. The Hall–Kier alpha value is -1.05. The Kier molecular flexibility index (Phi) is 5.83. The van der Waals surface area contributed by atoms with Gasteiger partial charge in [0.2, 0.25) is 0 Å². The van der Waals surface area contributed by atoms with Crippen LogP contribution in [0.3, 0.4) is 0 Å². The molecule has 2 unspecified atom stereocenters. The van der Waals surface area contributed by atoms with Gasteiger partial charge in [-0.2, -0.15) is 0 Å². The molecule has 1 rings (SSSR count). The quantitative estimate of drug-likeness (QED) is 0.647. The van der Waals surface area contributed by atoms with Crippen molar-refractivity contribution in [3.8, 4) is 0 Å². The zero-order valence-corrected chi connectivity index (χ0v) is 12.9. The van der Waals surface area contributed by atoms with E-state index < -0.39 is 46.4 Å². The third-order valence-electron chi connectivity index (χ3n) is 2.97. The van der Waals surface area contributed by atoms with Gasteiger partial charge < -0.3 is 9.35 Å². The molecule has 1 aromatic carbocycles. The van der Waals surface area contributed by atoms with Gasteiger partial charge in [0.15, 0.2) is 11.6 Å². The van der Waals surface area contributed by atoms with Crippen LogP contribution in [0.15, 0.2) is 18.2 Å². The van der Waals surface area contributed by atoms with Crippen LogP contribution in [0.2, 0.25) is 0 Å². The molecular weight excluding hydrogens is 303 g/mol. The zero-order chi connectivity index (χ0) is 16.3. The molecule has 2 atom stereocenters. The lowest BCUT2D eigenvalue weighted by Gasteiger charge is -2.35. The Labute approximate surface area is 125 Å². The highest BCUT2D eigenvalue weighted by molar-refractivity contribution is 7.90. The minimum Gasteiger partial charge on any atom is -0.598 e. The first-order valence-electron chi connectivity index (χ1n) is 6.32. The van der Waals surface area contributed by atoms with E-state index in [4.69, 9.17) is 0 Å².